The van der Waals surface area contributed by atoms with E-state index in [1.165, 1.54) is 12.1 Å². The summed E-state index contributed by atoms with van der Waals surface area (Å²) in [5.74, 6) is 1.63. The van der Waals surface area contributed by atoms with Crippen LogP contribution in [-0.4, -0.2) is 37.8 Å². The van der Waals surface area contributed by atoms with Gasteiger partial charge in [0.05, 0.1) is 7.11 Å². The van der Waals surface area contributed by atoms with E-state index in [1.54, 1.807) is 7.11 Å². The Kier molecular flexibility index (Phi) is 5.59. The summed E-state index contributed by atoms with van der Waals surface area (Å²) in [6.07, 6.45) is 3.06. The van der Waals surface area contributed by atoms with Gasteiger partial charge in [-0.25, -0.2) is 0 Å². The van der Waals surface area contributed by atoms with Gasteiger partial charge in [-0.15, -0.1) is 0 Å². The van der Waals surface area contributed by atoms with Crippen molar-refractivity contribution in [3.05, 3.63) is 42.2 Å². The third-order valence-electron chi connectivity index (χ3n) is 4.77. The lowest BCUT2D eigenvalue weighted by Gasteiger charge is -2.36. The number of piperazine rings is 1. The molecule has 0 amide bonds. The molecule has 0 aliphatic carbocycles. The van der Waals surface area contributed by atoms with Gasteiger partial charge in [0.25, 0.3) is 0 Å². The van der Waals surface area contributed by atoms with Gasteiger partial charge < -0.3 is 15.0 Å². The van der Waals surface area contributed by atoms with Gasteiger partial charge in [0.15, 0.2) is 0 Å². The molecule has 1 fully saturated rings. The predicted molar refractivity (Wildman–Crippen MR) is 104 cm³/mol. The Morgan fingerprint density at radius 3 is 2.84 bits per heavy atom. The average molecular weight is 339 g/mol. The lowest BCUT2D eigenvalue weighted by atomic mass is 10.0. The van der Waals surface area contributed by atoms with Crippen molar-refractivity contribution in [3.8, 4) is 16.9 Å². The summed E-state index contributed by atoms with van der Waals surface area (Å²) >= 11 is 0. The van der Waals surface area contributed by atoms with Crippen LogP contribution in [0.4, 0.5) is 5.69 Å². The molecule has 0 bridgehead atoms. The second kappa shape index (κ2) is 7.87. The number of ether oxygens (including phenoxy) is 1. The largest absolute Gasteiger partial charge is 0.496 e. The summed E-state index contributed by atoms with van der Waals surface area (Å²) < 4.78 is 5.70. The van der Waals surface area contributed by atoms with Gasteiger partial charge in [-0.05, 0) is 49.1 Å². The van der Waals surface area contributed by atoms with E-state index in [1.807, 2.05) is 19.2 Å². The molecule has 1 aliphatic rings. The Morgan fingerprint density at radius 2 is 2.12 bits per heavy atom. The SMILES string of the molecule is COc1cc(N2CCNC(CC(C)C)C2)ccc1-c1ccnc(C)c1. The monoisotopic (exact) mass is 339 g/mol. The second-order valence-corrected chi connectivity index (χ2v) is 7.30. The third kappa shape index (κ3) is 4.31. The summed E-state index contributed by atoms with van der Waals surface area (Å²) in [4.78, 5) is 6.75. The zero-order valence-corrected chi connectivity index (χ0v) is 15.7. The van der Waals surface area contributed by atoms with Crippen LogP contribution in [-0.2, 0) is 0 Å². The molecular weight excluding hydrogens is 310 g/mol. The number of aryl methyl sites for hydroxylation is 1. The maximum Gasteiger partial charge on any atom is 0.128 e. The number of nitrogens with zero attached hydrogens (tertiary/aromatic N) is 2. The highest BCUT2D eigenvalue weighted by molar-refractivity contribution is 5.73. The lowest BCUT2D eigenvalue weighted by Crippen LogP contribution is -2.51. The van der Waals surface area contributed by atoms with Crippen LogP contribution < -0.4 is 15.0 Å². The fourth-order valence-corrected chi connectivity index (χ4v) is 3.62. The van der Waals surface area contributed by atoms with E-state index in [0.29, 0.717) is 12.0 Å². The van der Waals surface area contributed by atoms with Gasteiger partial charge in [0.1, 0.15) is 5.75 Å². The zero-order chi connectivity index (χ0) is 17.8. The van der Waals surface area contributed by atoms with Crippen molar-refractivity contribution >= 4 is 5.69 Å². The number of benzene rings is 1. The molecule has 2 aromatic rings. The Bertz CT molecular complexity index is 714. The highest BCUT2D eigenvalue weighted by Crippen LogP contribution is 2.34. The molecule has 3 rings (SSSR count). The van der Waals surface area contributed by atoms with Crippen LogP contribution in [0.25, 0.3) is 11.1 Å². The highest BCUT2D eigenvalue weighted by atomic mass is 16.5. The zero-order valence-electron chi connectivity index (χ0n) is 15.7. The minimum Gasteiger partial charge on any atom is -0.496 e. The van der Waals surface area contributed by atoms with Crippen LogP contribution in [0.2, 0.25) is 0 Å². The summed E-state index contributed by atoms with van der Waals surface area (Å²) in [7, 11) is 1.75. The van der Waals surface area contributed by atoms with Crippen LogP contribution in [0.1, 0.15) is 26.0 Å². The van der Waals surface area contributed by atoms with E-state index in [-0.39, 0.29) is 0 Å². The Balaban J connectivity index is 1.84. The van der Waals surface area contributed by atoms with Gasteiger partial charge in [-0.1, -0.05) is 13.8 Å². The fraction of sp³-hybridized carbons (Fsp3) is 0.476. The average Bonchev–Trinajstić information content (AvgIpc) is 2.61. The van der Waals surface area contributed by atoms with Crippen molar-refractivity contribution in [2.24, 2.45) is 5.92 Å². The molecule has 25 heavy (non-hydrogen) atoms. The van der Waals surface area contributed by atoms with Crippen LogP contribution in [0.3, 0.4) is 0 Å². The molecule has 0 radical (unpaired) electrons. The number of hydrogen-bond acceptors (Lipinski definition) is 4. The topological polar surface area (TPSA) is 37.4 Å². The maximum absolute atomic E-state index is 5.70. The summed E-state index contributed by atoms with van der Waals surface area (Å²) in [5, 5.41) is 3.64. The van der Waals surface area contributed by atoms with Gasteiger partial charge >= 0.3 is 0 Å². The van der Waals surface area contributed by atoms with E-state index in [4.69, 9.17) is 4.74 Å². The summed E-state index contributed by atoms with van der Waals surface area (Å²) in [6, 6.07) is 11.2. The number of aromatic nitrogens is 1. The van der Waals surface area contributed by atoms with Crippen LogP contribution >= 0.6 is 0 Å². The van der Waals surface area contributed by atoms with E-state index in [2.05, 4.69) is 53.3 Å². The first-order valence-corrected chi connectivity index (χ1v) is 9.16. The molecule has 2 heterocycles. The van der Waals surface area contributed by atoms with Crippen molar-refractivity contribution in [1.29, 1.82) is 0 Å². The molecule has 1 unspecified atom stereocenters. The maximum atomic E-state index is 5.70. The minimum atomic E-state index is 0.558. The Hall–Kier alpha value is -2.07. The van der Waals surface area contributed by atoms with Crippen molar-refractivity contribution in [1.82, 2.24) is 10.3 Å². The van der Waals surface area contributed by atoms with Gasteiger partial charge in [-0.3, -0.25) is 4.98 Å². The Morgan fingerprint density at radius 1 is 1.28 bits per heavy atom. The van der Waals surface area contributed by atoms with Crippen molar-refractivity contribution in [3.63, 3.8) is 0 Å². The standard InChI is InChI=1S/C21H29N3O/c1-15(2)11-18-14-24(10-9-23-18)19-5-6-20(21(13-19)25-4)17-7-8-22-16(3)12-17/h5-8,12-13,15,18,23H,9-11,14H2,1-4H3. The number of pyridine rings is 1. The highest BCUT2D eigenvalue weighted by Gasteiger charge is 2.21. The summed E-state index contributed by atoms with van der Waals surface area (Å²) in [5.41, 5.74) is 4.52. The van der Waals surface area contributed by atoms with Crippen molar-refractivity contribution in [2.45, 2.75) is 33.2 Å². The number of methoxy groups -OCH3 is 1. The lowest BCUT2D eigenvalue weighted by molar-refractivity contribution is 0.387. The molecule has 1 saturated heterocycles. The fourth-order valence-electron chi connectivity index (χ4n) is 3.62. The molecule has 1 atom stereocenters. The predicted octanol–water partition coefficient (Wildman–Crippen LogP) is 3.89. The molecule has 4 nitrogen and oxygen atoms in total. The number of hydrogen-bond donors (Lipinski definition) is 1. The summed E-state index contributed by atoms with van der Waals surface area (Å²) in [6.45, 7) is 9.70. The second-order valence-electron chi connectivity index (χ2n) is 7.30. The van der Waals surface area contributed by atoms with Gasteiger partial charge in [0.2, 0.25) is 0 Å². The van der Waals surface area contributed by atoms with Gasteiger partial charge in [-0.2, -0.15) is 0 Å². The van der Waals surface area contributed by atoms with Crippen molar-refractivity contribution in [2.75, 3.05) is 31.6 Å². The van der Waals surface area contributed by atoms with E-state index < -0.39 is 0 Å². The minimum absolute atomic E-state index is 0.558. The molecule has 1 N–H and O–H groups in total. The molecule has 0 spiro atoms. The molecule has 0 saturated carbocycles. The first-order chi connectivity index (χ1) is 12.1. The van der Waals surface area contributed by atoms with Crippen LogP contribution in [0, 0.1) is 12.8 Å². The van der Waals surface area contributed by atoms with Crippen LogP contribution in [0.15, 0.2) is 36.5 Å². The third-order valence-corrected chi connectivity index (χ3v) is 4.77. The molecule has 134 valence electrons. The first-order valence-electron chi connectivity index (χ1n) is 9.16. The molecule has 1 aromatic heterocycles. The van der Waals surface area contributed by atoms with Crippen molar-refractivity contribution < 1.29 is 4.74 Å². The normalized spacial score (nSPS) is 17.8. The number of anilines is 1. The van der Waals surface area contributed by atoms with E-state index in [9.17, 15) is 0 Å². The van der Waals surface area contributed by atoms with Gasteiger partial charge in [0, 0.05) is 54.9 Å². The molecule has 1 aromatic carbocycles. The number of rotatable bonds is 5. The quantitative estimate of drug-likeness (QED) is 0.897. The Labute approximate surface area is 151 Å². The smallest absolute Gasteiger partial charge is 0.128 e. The van der Waals surface area contributed by atoms with E-state index in [0.717, 1.165) is 42.2 Å². The molecular formula is C21H29N3O. The van der Waals surface area contributed by atoms with E-state index >= 15 is 0 Å². The molecule has 4 heteroatoms. The first kappa shape index (κ1) is 17.7. The van der Waals surface area contributed by atoms with Crippen LogP contribution in [0.5, 0.6) is 5.75 Å². The number of nitrogens with one attached hydrogen (secondary N) is 1. The molecule has 1 aliphatic heterocycles.